The highest BCUT2D eigenvalue weighted by molar-refractivity contribution is 6.01. The van der Waals surface area contributed by atoms with Gasteiger partial charge in [-0.1, -0.05) is 12.1 Å². The third kappa shape index (κ3) is 1.67. The van der Waals surface area contributed by atoms with Crippen molar-refractivity contribution >= 4 is 5.91 Å². The third-order valence-electron chi connectivity index (χ3n) is 4.26. The Morgan fingerprint density at radius 1 is 1.40 bits per heavy atom. The standard InChI is InChI=1S/C14H15F3N2O/c1-8-6-19-12(20)11-9(13(19,2)7-18-8)4-3-5-10(11)14(15,16)17/h3-5,8,18H,6-7H2,1-2H3/t8-,13-/m0/s1. The smallest absolute Gasteiger partial charge is 0.326 e. The fourth-order valence-electron chi connectivity index (χ4n) is 3.16. The van der Waals surface area contributed by atoms with Crippen LogP contribution in [0, 0.1) is 0 Å². The number of amides is 1. The Morgan fingerprint density at radius 2 is 2.10 bits per heavy atom. The van der Waals surface area contributed by atoms with E-state index in [1.165, 1.54) is 6.07 Å². The SMILES string of the molecule is C[C@H]1CN2C(=O)c3c(C(F)(F)F)cccc3[C@]2(C)CN1. The molecule has 1 N–H and O–H groups in total. The molecule has 2 aliphatic heterocycles. The highest BCUT2D eigenvalue weighted by Crippen LogP contribution is 2.45. The molecule has 0 aliphatic carbocycles. The summed E-state index contributed by atoms with van der Waals surface area (Å²) in [4.78, 5) is 14.0. The summed E-state index contributed by atoms with van der Waals surface area (Å²) in [6.07, 6.45) is -4.51. The predicted octanol–water partition coefficient (Wildman–Crippen LogP) is 2.37. The highest BCUT2D eigenvalue weighted by atomic mass is 19.4. The number of nitrogens with one attached hydrogen (secondary N) is 1. The fourth-order valence-corrected chi connectivity index (χ4v) is 3.16. The molecule has 3 nitrogen and oxygen atoms in total. The zero-order valence-electron chi connectivity index (χ0n) is 11.2. The molecule has 0 spiro atoms. The summed E-state index contributed by atoms with van der Waals surface area (Å²) in [7, 11) is 0. The van der Waals surface area contributed by atoms with Gasteiger partial charge in [-0.05, 0) is 25.5 Å². The van der Waals surface area contributed by atoms with Crippen LogP contribution in [0.1, 0.15) is 35.3 Å². The molecule has 6 heteroatoms. The van der Waals surface area contributed by atoms with Crippen molar-refractivity contribution in [3.05, 3.63) is 34.9 Å². The molecule has 2 aliphatic rings. The Kier molecular flexibility index (Phi) is 2.67. The Bertz CT molecular complexity index is 584. The molecule has 3 rings (SSSR count). The van der Waals surface area contributed by atoms with Gasteiger partial charge in [-0.15, -0.1) is 0 Å². The summed E-state index contributed by atoms with van der Waals surface area (Å²) >= 11 is 0. The molecule has 1 aromatic rings. The maximum atomic E-state index is 13.1. The first-order chi connectivity index (χ1) is 9.25. The lowest BCUT2D eigenvalue weighted by Crippen LogP contribution is -2.59. The van der Waals surface area contributed by atoms with Crippen LogP contribution in [0.2, 0.25) is 0 Å². The molecular weight excluding hydrogens is 269 g/mol. The van der Waals surface area contributed by atoms with E-state index >= 15 is 0 Å². The molecule has 108 valence electrons. The number of alkyl halides is 3. The van der Waals surface area contributed by atoms with Gasteiger partial charge >= 0.3 is 6.18 Å². The second-order valence-electron chi connectivity index (χ2n) is 5.70. The van der Waals surface area contributed by atoms with E-state index in [-0.39, 0.29) is 11.6 Å². The van der Waals surface area contributed by atoms with E-state index in [0.717, 1.165) is 6.07 Å². The van der Waals surface area contributed by atoms with Gasteiger partial charge in [0.15, 0.2) is 0 Å². The number of halogens is 3. The molecular formula is C14H15F3N2O. The average Bonchev–Trinajstić information content (AvgIpc) is 2.59. The summed E-state index contributed by atoms with van der Waals surface area (Å²) in [6.45, 7) is 4.62. The lowest BCUT2D eigenvalue weighted by atomic mass is 9.88. The molecule has 2 heterocycles. The minimum Gasteiger partial charge on any atom is -0.326 e. The molecule has 0 bridgehead atoms. The maximum Gasteiger partial charge on any atom is 0.417 e. The zero-order valence-corrected chi connectivity index (χ0v) is 11.2. The second-order valence-corrected chi connectivity index (χ2v) is 5.70. The topological polar surface area (TPSA) is 32.3 Å². The van der Waals surface area contributed by atoms with E-state index in [0.29, 0.717) is 18.7 Å². The Hall–Kier alpha value is -1.56. The first-order valence-corrected chi connectivity index (χ1v) is 6.51. The summed E-state index contributed by atoms with van der Waals surface area (Å²) < 4.78 is 39.3. The largest absolute Gasteiger partial charge is 0.417 e. The van der Waals surface area contributed by atoms with Crippen molar-refractivity contribution in [2.75, 3.05) is 13.1 Å². The normalized spacial score (nSPS) is 29.4. The summed E-state index contributed by atoms with van der Waals surface area (Å²) in [5.74, 6) is -0.510. The van der Waals surface area contributed by atoms with Crippen LogP contribution in [-0.4, -0.2) is 29.9 Å². The Morgan fingerprint density at radius 3 is 2.75 bits per heavy atom. The molecule has 1 saturated heterocycles. The van der Waals surface area contributed by atoms with Crippen LogP contribution in [0.5, 0.6) is 0 Å². The van der Waals surface area contributed by atoms with Gasteiger partial charge in [-0.25, -0.2) is 0 Å². The third-order valence-corrected chi connectivity index (χ3v) is 4.26. The van der Waals surface area contributed by atoms with Crippen LogP contribution in [0.3, 0.4) is 0 Å². The van der Waals surface area contributed by atoms with E-state index in [4.69, 9.17) is 0 Å². The summed E-state index contributed by atoms with van der Waals surface area (Å²) in [5.41, 5.74) is -1.24. The van der Waals surface area contributed by atoms with E-state index < -0.39 is 23.2 Å². The predicted molar refractivity (Wildman–Crippen MR) is 67.3 cm³/mol. The minimum absolute atomic E-state index is 0.0793. The van der Waals surface area contributed by atoms with Gasteiger partial charge in [0.05, 0.1) is 16.7 Å². The van der Waals surface area contributed by atoms with Crippen molar-refractivity contribution in [1.29, 1.82) is 0 Å². The molecule has 20 heavy (non-hydrogen) atoms. The van der Waals surface area contributed by atoms with Crippen molar-refractivity contribution in [3.8, 4) is 0 Å². The van der Waals surface area contributed by atoms with Crippen molar-refractivity contribution in [2.24, 2.45) is 0 Å². The summed E-state index contributed by atoms with van der Waals surface area (Å²) in [6, 6.07) is 4.06. The monoisotopic (exact) mass is 284 g/mol. The number of hydrogen-bond acceptors (Lipinski definition) is 2. The molecule has 0 unspecified atom stereocenters. The lowest BCUT2D eigenvalue weighted by Gasteiger charge is -2.43. The van der Waals surface area contributed by atoms with Crippen molar-refractivity contribution in [1.82, 2.24) is 10.2 Å². The van der Waals surface area contributed by atoms with Gasteiger partial charge in [-0.2, -0.15) is 13.2 Å². The van der Waals surface area contributed by atoms with E-state index in [1.807, 2.05) is 13.8 Å². The van der Waals surface area contributed by atoms with Crippen LogP contribution in [-0.2, 0) is 11.7 Å². The molecule has 1 fully saturated rings. The number of benzene rings is 1. The fraction of sp³-hybridized carbons (Fsp3) is 0.500. The first kappa shape index (κ1) is 13.4. The number of rotatable bonds is 0. The molecule has 0 saturated carbocycles. The second kappa shape index (κ2) is 3.97. The van der Waals surface area contributed by atoms with Crippen LogP contribution in [0.15, 0.2) is 18.2 Å². The quantitative estimate of drug-likeness (QED) is 0.793. The van der Waals surface area contributed by atoms with E-state index in [9.17, 15) is 18.0 Å². The molecule has 2 atom stereocenters. The van der Waals surface area contributed by atoms with E-state index in [2.05, 4.69) is 5.32 Å². The number of nitrogens with zero attached hydrogens (tertiary/aromatic N) is 1. The average molecular weight is 284 g/mol. The first-order valence-electron chi connectivity index (χ1n) is 6.51. The maximum absolute atomic E-state index is 13.1. The van der Waals surface area contributed by atoms with Gasteiger partial charge in [0, 0.05) is 19.1 Å². The van der Waals surface area contributed by atoms with Crippen LogP contribution < -0.4 is 5.32 Å². The van der Waals surface area contributed by atoms with Crippen molar-refractivity contribution in [2.45, 2.75) is 31.6 Å². The number of carbonyl (C=O) groups excluding carboxylic acids is 1. The highest BCUT2D eigenvalue weighted by Gasteiger charge is 2.52. The van der Waals surface area contributed by atoms with Crippen molar-refractivity contribution in [3.63, 3.8) is 0 Å². The minimum atomic E-state index is -4.51. The van der Waals surface area contributed by atoms with Crippen molar-refractivity contribution < 1.29 is 18.0 Å². The lowest BCUT2D eigenvalue weighted by molar-refractivity contribution is -0.137. The summed E-state index contributed by atoms with van der Waals surface area (Å²) in [5, 5.41) is 3.24. The number of fused-ring (bicyclic) bond motifs is 3. The Labute approximate surface area is 114 Å². The van der Waals surface area contributed by atoms with Gasteiger partial charge < -0.3 is 10.2 Å². The number of piperazine rings is 1. The van der Waals surface area contributed by atoms with Crippen LogP contribution in [0.25, 0.3) is 0 Å². The van der Waals surface area contributed by atoms with Gasteiger partial charge in [0.2, 0.25) is 0 Å². The molecule has 0 aromatic heterocycles. The van der Waals surface area contributed by atoms with Gasteiger partial charge in [-0.3, -0.25) is 4.79 Å². The van der Waals surface area contributed by atoms with Gasteiger partial charge in [0.1, 0.15) is 0 Å². The Balaban J connectivity index is 2.20. The number of carbonyl (C=O) groups is 1. The van der Waals surface area contributed by atoms with E-state index in [1.54, 1.807) is 11.0 Å². The van der Waals surface area contributed by atoms with Crippen LogP contribution in [0.4, 0.5) is 13.2 Å². The number of hydrogen-bond donors (Lipinski definition) is 1. The molecule has 0 radical (unpaired) electrons. The zero-order chi connectivity index (χ0) is 14.7. The van der Waals surface area contributed by atoms with Gasteiger partial charge in [0.25, 0.3) is 5.91 Å². The van der Waals surface area contributed by atoms with Crippen LogP contribution >= 0.6 is 0 Å². The molecule has 1 aromatic carbocycles. The molecule has 1 amide bonds.